The van der Waals surface area contributed by atoms with Crippen LogP contribution in [0.15, 0.2) is 17.5 Å². The van der Waals surface area contributed by atoms with Crippen molar-refractivity contribution < 1.29 is 4.79 Å². The number of likely N-dealkylation sites (N-methyl/N-ethyl adjacent to an activating group) is 1. The van der Waals surface area contributed by atoms with Crippen molar-refractivity contribution in [2.75, 3.05) is 39.8 Å². The molecule has 4 nitrogen and oxygen atoms in total. The third-order valence-electron chi connectivity index (χ3n) is 3.75. The fourth-order valence-electron chi connectivity index (χ4n) is 2.36. The van der Waals surface area contributed by atoms with E-state index in [2.05, 4.69) is 35.5 Å². The van der Waals surface area contributed by atoms with Crippen molar-refractivity contribution in [2.24, 2.45) is 5.92 Å². The number of carbonyl (C=O) groups is 1. The Bertz CT molecular complexity index is 390. The van der Waals surface area contributed by atoms with Crippen LogP contribution in [0.1, 0.15) is 25.6 Å². The lowest BCUT2D eigenvalue weighted by molar-refractivity contribution is -0.135. The Morgan fingerprint density at radius 3 is 2.57 bits per heavy atom. The summed E-state index contributed by atoms with van der Waals surface area (Å²) in [5, 5.41) is 5.16. The fourth-order valence-corrected chi connectivity index (χ4v) is 3.08. The summed E-state index contributed by atoms with van der Waals surface area (Å²) >= 11 is 1.72. The molecule has 0 saturated heterocycles. The van der Waals surface area contributed by atoms with Gasteiger partial charge >= 0.3 is 0 Å². The van der Waals surface area contributed by atoms with E-state index in [9.17, 15) is 4.79 Å². The van der Waals surface area contributed by atoms with E-state index in [0.29, 0.717) is 0 Å². The first-order valence-electron chi connectivity index (χ1n) is 7.80. The van der Waals surface area contributed by atoms with E-state index in [1.807, 2.05) is 24.9 Å². The second kappa shape index (κ2) is 9.92. The molecule has 1 N–H and O–H groups in total. The molecule has 0 saturated carbocycles. The number of amides is 1. The van der Waals surface area contributed by atoms with Gasteiger partial charge in [-0.15, -0.1) is 11.3 Å². The maximum Gasteiger partial charge on any atom is 0.227 e. The molecule has 1 heterocycles. The van der Waals surface area contributed by atoms with E-state index in [1.54, 1.807) is 11.3 Å². The molecule has 120 valence electrons. The van der Waals surface area contributed by atoms with Crippen LogP contribution >= 0.6 is 11.3 Å². The second-order valence-corrected chi connectivity index (χ2v) is 6.36. The van der Waals surface area contributed by atoms with Crippen LogP contribution in [0.5, 0.6) is 0 Å². The number of nitrogens with zero attached hydrogens (tertiary/aromatic N) is 2. The van der Waals surface area contributed by atoms with E-state index in [-0.39, 0.29) is 11.8 Å². The molecule has 21 heavy (non-hydrogen) atoms. The van der Waals surface area contributed by atoms with Gasteiger partial charge < -0.3 is 15.1 Å². The Morgan fingerprint density at radius 1 is 1.33 bits per heavy atom. The quantitative estimate of drug-likeness (QED) is 0.720. The Kier molecular flexibility index (Phi) is 8.57. The van der Waals surface area contributed by atoms with Crippen molar-refractivity contribution in [2.45, 2.75) is 27.3 Å². The fraction of sp³-hybridized carbons (Fsp3) is 0.688. The topological polar surface area (TPSA) is 35.6 Å². The van der Waals surface area contributed by atoms with E-state index in [1.165, 1.54) is 4.88 Å². The van der Waals surface area contributed by atoms with Crippen LogP contribution in [0.3, 0.4) is 0 Å². The summed E-state index contributed by atoms with van der Waals surface area (Å²) in [6.07, 6.45) is 0. The Balaban J connectivity index is 2.66. The first-order chi connectivity index (χ1) is 10.1. The molecule has 0 radical (unpaired) electrons. The van der Waals surface area contributed by atoms with Crippen molar-refractivity contribution in [3.63, 3.8) is 0 Å². The smallest absolute Gasteiger partial charge is 0.227 e. The van der Waals surface area contributed by atoms with Gasteiger partial charge in [0.15, 0.2) is 0 Å². The van der Waals surface area contributed by atoms with E-state index in [0.717, 1.165) is 39.3 Å². The highest BCUT2D eigenvalue weighted by Crippen LogP contribution is 2.14. The van der Waals surface area contributed by atoms with Crippen LogP contribution in [0.4, 0.5) is 0 Å². The zero-order chi connectivity index (χ0) is 15.7. The normalized spacial score (nSPS) is 12.6. The predicted molar refractivity (Wildman–Crippen MR) is 90.6 cm³/mol. The van der Waals surface area contributed by atoms with Gasteiger partial charge in [0.2, 0.25) is 5.91 Å². The van der Waals surface area contributed by atoms with Gasteiger partial charge in [-0.1, -0.05) is 26.8 Å². The van der Waals surface area contributed by atoms with Gasteiger partial charge in [-0.3, -0.25) is 4.79 Å². The maximum absolute atomic E-state index is 12.6. The summed E-state index contributed by atoms with van der Waals surface area (Å²) in [5.74, 6) is 0.261. The molecule has 0 fully saturated rings. The van der Waals surface area contributed by atoms with E-state index < -0.39 is 0 Å². The lowest BCUT2D eigenvalue weighted by Crippen LogP contribution is -2.42. The maximum atomic E-state index is 12.6. The molecular formula is C16H29N3OS. The average molecular weight is 311 g/mol. The molecule has 1 aromatic rings. The largest absolute Gasteiger partial charge is 0.336 e. The molecule has 1 amide bonds. The highest BCUT2D eigenvalue weighted by molar-refractivity contribution is 7.09. The highest BCUT2D eigenvalue weighted by Gasteiger charge is 2.20. The molecule has 0 aromatic carbocycles. The Labute approximate surface area is 133 Å². The molecule has 0 aliphatic carbocycles. The van der Waals surface area contributed by atoms with Gasteiger partial charge in [0.1, 0.15) is 0 Å². The minimum Gasteiger partial charge on any atom is -0.336 e. The Morgan fingerprint density at radius 2 is 2.05 bits per heavy atom. The van der Waals surface area contributed by atoms with Gasteiger partial charge in [-0.25, -0.2) is 0 Å². The summed E-state index contributed by atoms with van der Waals surface area (Å²) in [6.45, 7) is 11.6. The van der Waals surface area contributed by atoms with Crippen molar-refractivity contribution in [3.05, 3.63) is 22.4 Å². The minimum absolute atomic E-state index is 0.0201. The summed E-state index contributed by atoms with van der Waals surface area (Å²) in [5.41, 5.74) is 0. The zero-order valence-corrected chi connectivity index (χ0v) is 14.6. The molecule has 0 bridgehead atoms. The first-order valence-corrected chi connectivity index (χ1v) is 8.68. The number of rotatable bonds is 10. The monoisotopic (exact) mass is 311 g/mol. The van der Waals surface area contributed by atoms with Crippen molar-refractivity contribution in [1.29, 1.82) is 0 Å². The summed E-state index contributed by atoms with van der Waals surface area (Å²) in [7, 11) is 1.89. The van der Waals surface area contributed by atoms with Crippen LogP contribution in [0.25, 0.3) is 0 Å². The van der Waals surface area contributed by atoms with Gasteiger partial charge in [-0.05, 0) is 31.6 Å². The average Bonchev–Trinajstić information content (AvgIpc) is 2.99. The number of thiophene rings is 1. The van der Waals surface area contributed by atoms with Crippen molar-refractivity contribution in [1.82, 2.24) is 15.1 Å². The summed E-state index contributed by atoms with van der Waals surface area (Å²) in [6, 6.07) is 4.15. The summed E-state index contributed by atoms with van der Waals surface area (Å²) < 4.78 is 0. The highest BCUT2D eigenvalue weighted by atomic mass is 32.1. The number of carbonyl (C=O) groups excluding carboxylic acids is 1. The van der Waals surface area contributed by atoms with Crippen molar-refractivity contribution >= 4 is 17.2 Å². The Hall–Kier alpha value is -0.910. The lowest BCUT2D eigenvalue weighted by atomic mass is 10.1. The third-order valence-corrected chi connectivity index (χ3v) is 4.61. The van der Waals surface area contributed by atoms with Gasteiger partial charge in [-0.2, -0.15) is 0 Å². The van der Waals surface area contributed by atoms with E-state index in [4.69, 9.17) is 0 Å². The molecule has 0 aliphatic rings. The van der Waals surface area contributed by atoms with E-state index >= 15 is 0 Å². The van der Waals surface area contributed by atoms with Crippen LogP contribution in [0, 0.1) is 5.92 Å². The van der Waals surface area contributed by atoms with Crippen molar-refractivity contribution in [3.8, 4) is 0 Å². The predicted octanol–water partition coefficient (Wildman–Crippen LogP) is 2.27. The molecule has 0 spiro atoms. The molecule has 1 atom stereocenters. The van der Waals surface area contributed by atoms with Crippen LogP contribution < -0.4 is 5.32 Å². The zero-order valence-electron chi connectivity index (χ0n) is 13.8. The minimum atomic E-state index is 0.0201. The standard InChI is InChI=1S/C16H29N3OS/c1-5-18(6-2)9-10-19(13-15-8-7-11-21-15)16(20)14(3)12-17-4/h7-8,11,14,17H,5-6,9-10,12-13H2,1-4H3. The van der Waals surface area contributed by atoms with Crippen LogP contribution in [-0.2, 0) is 11.3 Å². The number of hydrogen-bond donors (Lipinski definition) is 1. The number of nitrogens with one attached hydrogen (secondary N) is 1. The third kappa shape index (κ3) is 6.16. The van der Waals surface area contributed by atoms with Gasteiger partial charge in [0.25, 0.3) is 0 Å². The number of hydrogen-bond acceptors (Lipinski definition) is 4. The van der Waals surface area contributed by atoms with Crippen LogP contribution in [0.2, 0.25) is 0 Å². The molecule has 0 aliphatic heterocycles. The SMILES string of the molecule is CCN(CC)CCN(Cc1cccs1)C(=O)C(C)CNC. The lowest BCUT2D eigenvalue weighted by Gasteiger charge is -2.28. The second-order valence-electron chi connectivity index (χ2n) is 5.32. The molecule has 1 aromatic heterocycles. The molecule has 1 unspecified atom stereocenters. The molecular weight excluding hydrogens is 282 g/mol. The first kappa shape index (κ1) is 18.1. The molecule has 1 rings (SSSR count). The van der Waals surface area contributed by atoms with Gasteiger partial charge in [0, 0.05) is 30.4 Å². The van der Waals surface area contributed by atoms with Gasteiger partial charge in [0.05, 0.1) is 6.54 Å². The van der Waals surface area contributed by atoms with Crippen LogP contribution in [-0.4, -0.2) is 55.5 Å². The molecule has 5 heteroatoms. The summed E-state index contributed by atoms with van der Waals surface area (Å²) in [4.78, 5) is 18.2.